The molecule has 6 nitrogen and oxygen atoms in total. The zero-order valence-corrected chi connectivity index (χ0v) is 16.8. The minimum atomic E-state index is -4.45. The molecule has 3 rings (SSSR count). The van der Waals surface area contributed by atoms with Gasteiger partial charge in [-0.2, -0.15) is 13.2 Å². The second kappa shape index (κ2) is 9.80. The number of hydrogen-bond acceptors (Lipinski definition) is 4. The lowest BCUT2D eigenvalue weighted by atomic mass is 10.1. The van der Waals surface area contributed by atoms with E-state index in [-0.39, 0.29) is 18.5 Å². The molecule has 1 fully saturated rings. The smallest absolute Gasteiger partial charge is 0.422 e. The predicted octanol–water partition coefficient (Wildman–Crippen LogP) is 3.36. The normalized spacial score (nSPS) is 15.1. The molecule has 0 radical (unpaired) electrons. The van der Waals surface area contributed by atoms with Crippen LogP contribution in [0, 0.1) is 6.92 Å². The summed E-state index contributed by atoms with van der Waals surface area (Å²) in [7, 11) is 0. The molecule has 0 unspecified atom stereocenters. The van der Waals surface area contributed by atoms with Gasteiger partial charge in [0.25, 0.3) is 0 Å². The summed E-state index contributed by atoms with van der Waals surface area (Å²) in [5, 5.41) is 2.75. The first-order valence-corrected chi connectivity index (χ1v) is 9.74. The van der Waals surface area contributed by atoms with Gasteiger partial charge in [0.05, 0.1) is 0 Å². The van der Waals surface area contributed by atoms with Crippen molar-refractivity contribution < 1.29 is 22.7 Å². The van der Waals surface area contributed by atoms with Crippen molar-refractivity contribution in [1.29, 1.82) is 0 Å². The standard InChI is InChI=1S/C21H25F3N4O2/c1-16-4-2-5-17(12-16)14-27-8-10-28(11-9-27)20(29)26-13-18-6-3-7-25-19(18)30-15-21(22,23)24/h2-7,12H,8-11,13-15H2,1H3,(H,26,29). The van der Waals surface area contributed by atoms with Gasteiger partial charge in [-0.15, -0.1) is 0 Å². The minimum Gasteiger partial charge on any atom is -0.468 e. The van der Waals surface area contributed by atoms with Gasteiger partial charge in [-0.1, -0.05) is 35.9 Å². The Balaban J connectivity index is 1.46. The van der Waals surface area contributed by atoms with E-state index in [1.165, 1.54) is 17.3 Å². The Labute approximate surface area is 173 Å². The molecule has 162 valence electrons. The first-order chi connectivity index (χ1) is 14.3. The maximum absolute atomic E-state index is 12.5. The van der Waals surface area contributed by atoms with Crippen molar-refractivity contribution in [3.63, 3.8) is 0 Å². The van der Waals surface area contributed by atoms with E-state index < -0.39 is 12.8 Å². The van der Waals surface area contributed by atoms with Gasteiger partial charge in [0.2, 0.25) is 5.88 Å². The van der Waals surface area contributed by atoms with Crippen LogP contribution in [-0.4, -0.2) is 59.8 Å². The van der Waals surface area contributed by atoms with Crippen molar-refractivity contribution in [2.24, 2.45) is 0 Å². The Morgan fingerprint density at radius 1 is 1.17 bits per heavy atom. The monoisotopic (exact) mass is 422 g/mol. The van der Waals surface area contributed by atoms with Gasteiger partial charge in [0.1, 0.15) is 0 Å². The number of carbonyl (C=O) groups excluding carboxylic acids is 1. The number of ether oxygens (including phenoxy) is 1. The first kappa shape index (κ1) is 21.9. The molecule has 2 heterocycles. The Hall–Kier alpha value is -2.81. The number of carbonyl (C=O) groups is 1. The molecule has 0 spiro atoms. The molecule has 1 aromatic heterocycles. The zero-order valence-electron chi connectivity index (χ0n) is 16.8. The van der Waals surface area contributed by atoms with Crippen molar-refractivity contribution in [2.75, 3.05) is 32.8 Å². The van der Waals surface area contributed by atoms with Crippen molar-refractivity contribution >= 4 is 6.03 Å². The SMILES string of the molecule is Cc1cccc(CN2CCN(C(=O)NCc3cccnc3OCC(F)(F)F)CC2)c1. The fourth-order valence-electron chi connectivity index (χ4n) is 3.30. The van der Waals surface area contributed by atoms with E-state index in [1.54, 1.807) is 17.0 Å². The second-order valence-electron chi connectivity index (χ2n) is 7.28. The number of rotatable bonds is 6. The summed E-state index contributed by atoms with van der Waals surface area (Å²) in [6.45, 7) is 4.21. The highest BCUT2D eigenvalue weighted by atomic mass is 19.4. The molecule has 1 saturated heterocycles. The van der Waals surface area contributed by atoms with Crippen LogP contribution in [0.4, 0.5) is 18.0 Å². The van der Waals surface area contributed by atoms with Gasteiger partial charge >= 0.3 is 12.2 Å². The van der Waals surface area contributed by atoms with Crippen molar-refractivity contribution in [2.45, 2.75) is 26.2 Å². The molecule has 1 aliphatic rings. The van der Waals surface area contributed by atoms with E-state index in [0.29, 0.717) is 18.7 Å². The molecule has 0 aliphatic carbocycles. The number of halogens is 3. The van der Waals surface area contributed by atoms with Crippen LogP contribution in [-0.2, 0) is 13.1 Å². The summed E-state index contributed by atoms with van der Waals surface area (Å²) >= 11 is 0. The summed E-state index contributed by atoms with van der Waals surface area (Å²) in [6, 6.07) is 11.3. The van der Waals surface area contributed by atoms with Crippen molar-refractivity contribution in [1.82, 2.24) is 20.1 Å². The third-order valence-corrected chi connectivity index (χ3v) is 4.80. The predicted molar refractivity (Wildman–Crippen MR) is 106 cm³/mol. The number of urea groups is 1. The molecule has 0 bridgehead atoms. The number of benzene rings is 1. The number of pyridine rings is 1. The largest absolute Gasteiger partial charge is 0.468 e. The van der Waals surface area contributed by atoms with Crippen LogP contribution in [0.25, 0.3) is 0 Å². The molecule has 1 aliphatic heterocycles. The average molecular weight is 422 g/mol. The van der Waals surface area contributed by atoms with Crippen LogP contribution in [0.3, 0.4) is 0 Å². The van der Waals surface area contributed by atoms with Crippen molar-refractivity contribution in [3.8, 4) is 5.88 Å². The topological polar surface area (TPSA) is 57.7 Å². The summed E-state index contributed by atoms with van der Waals surface area (Å²) in [6.07, 6.45) is -3.10. The highest BCUT2D eigenvalue weighted by Crippen LogP contribution is 2.20. The Bertz CT molecular complexity index is 852. The number of alkyl halides is 3. The van der Waals surface area contributed by atoms with Gasteiger partial charge < -0.3 is 15.0 Å². The molecule has 9 heteroatoms. The molecule has 1 N–H and O–H groups in total. The van der Waals surface area contributed by atoms with E-state index in [2.05, 4.69) is 40.3 Å². The number of nitrogens with one attached hydrogen (secondary N) is 1. The van der Waals surface area contributed by atoms with Crippen LogP contribution in [0.15, 0.2) is 42.6 Å². The lowest BCUT2D eigenvalue weighted by Gasteiger charge is -2.34. The number of hydrogen-bond donors (Lipinski definition) is 1. The Kier molecular flexibility index (Phi) is 7.15. The average Bonchev–Trinajstić information content (AvgIpc) is 2.71. The third-order valence-electron chi connectivity index (χ3n) is 4.80. The van der Waals surface area contributed by atoms with E-state index in [0.717, 1.165) is 19.6 Å². The van der Waals surface area contributed by atoms with Crippen LogP contribution >= 0.6 is 0 Å². The fourth-order valence-corrected chi connectivity index (χ4v) is 3.30. The number of nitrogens with zero attached hydrogens (tertiary/aromatic N) is 3. The quantitative estimate of drug-likeness (QED) is 0.776. The number of aryl methyl sites for hydroxylation is 1. The van der Waals surface area contributed by atoms with E-state index in [4.69, 9.17) is 4.74 Å². The maximum atomic E-state index is 12.5. The summed E-state index contributed by atoms with van der Waals surface area (Å²) in [5.41, 5.74) is 2.86. The van der Waals surface area contributed by atoms with Gasteiger partial charge in [-0.05, 0) is 18.6 Å². The zero-order chi connectivity index (χ0) is 21.6. The summed E-state index contributed by atoms with van der Waals surface area (Å²) in [5.74, 6) is -0.127. The van der Waals surface area contributed by atoms with Gasteiger partial charge in [0, 0.05) is 51.0 Å². The first-order valence-electron chi connectivity index (χ1n) is 9.74. The lowest BCUT2D eigenvalue weighted by Crippen LogP contribution is -2.51. The summed E-state index contributed by atoms with van der Waals surface area (Å²) in [4.78, 5) is 20.3. The molecule has 0 atom stereocenters. The van der Waals surface area contributed by atoms with Crippen LogP contribution in [0.2, 0.25) is 0 Å². The third kappa shape index (κ3) is 6.62. The molecule has 30 heavy (non-hydrogen) atoms. The van der Waals surface area contributed by atoms with Crippen LogP contribution < -0.4 is 10.1 Å². The minimum absolute atomic E-state index is 0.0450. The number of aromatic nitrogens is 1. The van der Waals surface area contributed by atoms with Crippen LogP contribution in [0.1, 0.15) is 16.7 Å². The number of amides is 2. The highest BCUT2D eigenvalue weighted by Gasteiger charge is 2.29. The van der Waals surface area contributed by atoms with Gasteiger partial charge in [0.15, 0.2) is 6.61 Å². The Morgan fingerprint density at radius 3 is 2.63 bits per heavy atom. The highest BCUT2D eigenvalue weighted by molar-refractivity contribution is 5.74. The second-order valence-corrected chi connectivity index (χ2v) is 7.28. The molecule has 1 aromatic carbocycles. The molecule has 0 saturated carbocycles. The van der Waals surface area contributed by atoms with Gasteiger partial charge in [-0.3, -0.25) is 4.90 Å². The van der Waals surface area contributed by atoms with Crippen LogP contribution in [0.5, 0.6) is 5.88 Å². The summed E-state index contributed by atoms with van der Waals surface area (Å²) < 4.78 is 41.9. The lowest BCUT2D eigenvalue weighted by molar-refractivity contribution is -0.154. The number of piperazine rings is 1. The van der Waals surface area contributed by atoms with Gasteiger partial charge in [-0.25, -0.2) is 9.78 Å². The molecular weight excluding hydrogens is 397 g/mol. The Morgan fingerprint density at radius 2 is 1.93 bits per heavy atom. The molecular formula is C21H25F3N4O2. The maximum Gasteiger partial charge on any atom is 0.422 e. The molecule has 2 amide bonds. The van der Waals surface area contributed by atoms with Crippen molar-refractivity contribution in [3.05, 3.63) is 59.3 Å². The fraction of sp³-hybridized carbons (Fsp3) is 0.429. The van der Waals surface area contributed by atoms with E-state index in [1.807, 2.05) is 6.07 Å². The molecule has 2 aromatic rings. The van der Waals surface area contributed by atoms with E-state index in [9.17, 15) is 18.0 Å². The van der Waals surface area contributed by atoms with E-state index >= 15 is 0 Å².